The summed E-state index contributed by atoms with van der Waals surface area (Å²) in [5.41, 5.74) is 2.11. The van der Waals surface area contributed by atoms with Gasteiger partial charge >= 0.3 is 0 Å². The second-order valence-electron chi connectivity index (χ2n) is 7.43. The second-order valence-corrected chi connectivity index (χ2v) is 7.43. The number of aliphatic hydroxyl groups excluding tert-OH is 1. The van der Waals surface area contributed by atoms with Crippen LogP contribution >= 0.6 is 0 Å². The molecule has 0 bridgehead atoms. The number of anilines is 1. The van der Waals surface area contributed by atoms with Crippen LogP contribution in [0.3, 0.4) is 0 Å². The molecule has 2 heterocycles. The van der Waals surface area contributed by atoms with Crippen molar-refractivity contribution in [1.82, 2.24) is 20.0 Å². The van der Waals surface area contributed by atoms with Crippen LogP contribution in [0.4, 0.5) is 14.6 Å². The first kappa shape index (κ1) is 21.4. The number of hydrogen-bond donors (Lipinski definition) is 3. The van der Waals surface area contributed by atoms with E-state index in [1.165, 1.54) is 22.9 Å². The van der Waals surface area contributed by atoms with Gasteiger partial charge < -0.3 is 10.4 Å². The van der Waals surface area contributed by atoms with E-state index in [1.54, 1.807) is 19.1 Å². The van der Waals surface area contributed by atoms with Gasteiger partial charge in [-0.15, -0.1) is 0 Å². The molecular formula is C23H21F2N5O2. The molecule has 0 radical (unpaired) electrons. The number of aryl methyl sites for hydroxylation is 1. The lowest BCUT2D eigenvalue weighted by atomic mass is 10.0. The molecule has 2 aromatic carbocycles. The number of nitrogens with zero attached hydrogens (tertiary/aromatic N) is 3. The van der Waals surface area contributed by atoms with E-state index in [2.05, 4.69) is 20.6 Å². The van der Waals surface area contributed by atoms with Gasteiger partial charge in [-0.1, -0.05) is 18.2 Å². The molecule has 0 aliphatic heterocycles. The van der Waals surface area contributed by atoms with Crippen LogP contribution in [-0.4, -0.2) is 37.7 Å². The van der Waals surface area contributed by atoms with E-state index in [0.29, 0.717) is 22.8 Å². The SMILES string of the molecule is Cc1ccccc1-n1nc(-c2c(-c3ccc(F)cc3F)n[nH]c2NC[C@@H](C)O)ccc1=O. The van der Waals surface area contributed by atoms with Crippen LogP contribution in [0.25, 0.3) is 28.2 Å². The van der Waals surface area contributed by atoms with Gasteiger partial charge in [0.2, 0.25) is 0 Å². The fourth-order valence-corrected chi connectivity index (χ4v) is 3.36. The minimum Gasteiger partial charge on any atom is -0.392 e. The summed E-state index contributed by atoms with van der Waals surface area (Å²) in [4.78, 5) is 12.6. The number of rotatable bonds is 6. The van der Waals surface area contributed by atoms with Crippen LogP contribution in [0.2, 0.25) is 0 Å². The van der Waals surface area contributed by atoms with Crippen LogP contribution < -0.4 is 10.9 Å². The number of aromatic nitrogens is 4. The molecule has 164 valence electrons. The Balaban J connectivity index is 1.92. The third-order valence-electron chi connectivity index (χ3n) is 4.93. The van der Waals surface area contributed by atoms with Crippen molar-refractivity contribution in [3.05, 3.63) is 82.1 Å². The molecule has 0 saturated heterocycles. The second kappa shape index (κ2) is 8.72. The Morgan fingerprint density at radius 2 is 1.94 bits per heavy atom. The number of aromatic amines is 1. The zero-order valence-corrected chi connectivity index (χ0v) is 17.4. The Labute approximate surface area is 182 Å². The Hall–Kier alpha value is -3.85. The molecule has 9 heteroatoms. The number of halogens is 2. The van der Waals surface area contributed by atoms with Gasteiger partial charge in [-0.3, -0.25) is 9.89 Å². The summed E-state index contributed by atoms with van der Waals surface area (Å²) >= 11 is 0. The quantitative estimate of drug-likeness (QED) is 0.428. The van der Waals surface area contributed by atoms with Gasteiger partial charge in [0.1, 0.15) is 23.1 Å². The topological polar surface area (TPSA) is 95.8 Å². The Kier molecular flexibility index (Phi) is 5.83. The van der Waals surface area contributed by atoms with Gasteiger partial charge in [0.15, 0.2) is 0 Å². The van der Waals surface area contributed by atoms with Gasteiger partial charge in [0.05, 0.1) is 23.0 Å². The molecule has 0 fully saturated rings. The normalized spacial score (nSPS) is 12.0. The van der Waals surface area contributed by atoms with E-state index >= 15 is 0 Å². The average Bonchev–Trinajstić information content (AvgIpc) is 3.17. The maximum absolute atomic E-state index is 14.6. The van der Waals surface area contributed by atoms with Gasteiger partial charge in [0.25, 0.3) is 5.56 Å². The molecule has 4 aromatic rings. The number of H-pyrrole nitrogens is 1. The summed E-state index contributed by atoms with van der Waals surface area (Å²) in [6.45, 7) is 3.67. The molecule has 32 heavy (non-hydrogen) atoms. The lowest BCUT2D eigenvalue weighted by Crippen LogP contribution is -2.21. The lowest BCUT2D eigenvalue weighted by molar-refractivity contribution is 0.208. The van der Waals surface area contributed by atoms with Crippen molar-refractivity contribution in [1.29, 1.82) is 0 Å². The average molecular weight is 437 g/mol. The predicted molar refractivity (Wildman–Crippen MR) is 118 cm³/mol. The summed E-state index contributed by atoms with van der Waals surface area (Å²) in [7, 11) is 0. The van der Waals surface area contributed by atoms with Crippen LogP contribution in [0.15, 0.2) is 59.4 Å². The standard InChI is InChI=1S/C23H21F2N5O2/c1-13-5-3-4-6-19(13)30-20(32)10-9-18(29-30)21-22(16-8-7-15(24)11-17(16)25)27-28-23(21)26-12-14(2)31/h3-11,14,31H,12H2,1-2H3,(H2,26,27,28)/t14-/m1/s1. The van der Waals surface area contributed by atoms with Crippen molar-refractivity contribution in [3.63, 3.8) is 0 Å². The maximum atomic E-state index is 14.6. The summed E-state index contributed by atoms with van der Waals surface area (Å²) in [6.07, 6.45) is -0.661. The van der Waals surface area contributed by atoms with Crippen LogP contribution in [0.5, 0.6) is 0 Å². The largest absolute Gasteiger partial charge is 0.392 e. The number of nitrogens with one attached hydrogen (secondary N) is 2. The summed E-state index contributed by atoms with van der Waals surface area (Å²) in [5.74, 6) is -1.11. The zero-order valence-electron chi connectivity index (χ0n) is 17.4. The van der Waals surface area contributed by atoms with Crippen molar-refractivity contribution in [2.75, 3.05) is 11.9 Å². The van der Waals surface area contributed by atoms with Crippen molar-refractivity contribution in [2.45, 2.75) is 20.0 Å². The molecule has 0 spiro atoms. The number of aliphatic hydroxyl groups is 1. The van der Waals surface area contributed by atoms with E-state index in [1.807, 2.05) is 19.1 Å². The van der Waals surface area contributed by atoms with Crippen molar-refractivity contribution in [2.24, 2.45) is 0 Å². The fourth-order valence-electron chi connectivity index (χ4n) is 3.36. The first-order chi connectivity index (χ1) is 15.3. The molecule has 2 aromatic heterocycles. The Morgan fingerprint density at radius 1 is 1.16 bits per heavy atom. The molecule has 0 amide bonds. The highest BCUT2D eigenvalue weighted by Crippen LogP contribution is 2.36. The Morgan fingerprint density at radius 3 is 2.66 bits per heavy atom. The minimum atomic E-state index is -0.785. The number of para-hydroxylation sites is 1. The van der Waals surface area contributed by atoms with Crippen LogP contribution in [0, 0.1) is 18.6 Å². The molecule has 0 saturated carbocycles. The van der Waals surface area contributed by atoms with E-state index < -0.39 is 17.7 Å². The van der Waals surface area contributed by atoms with Gasteiger partial charge in [-0.05, 0) is 43.7 Å². The van der Waals surface area contributed by atoms with E-state index in [-0.39, 0.29) is 23.4 Å². The van der Waals surface area contributed by atoms with Crippen molar-refractivity contribution in [3.8, 4) is 28.2 Å². The fraction of sp³-hybridized carbons (Fsp3) is 0.174. The maximum Gasteiger partial charge on any atom is 0.271 e. The third-order valence-corrected chi connectivity index (χ3v) is 4.93. The summed E-state index contributed by atoms with van der Waals surface area (Å²) in [6, 6.07) is 13.4. The smallest absolute Gasteiger partial charge is 0.271 e. The minimum absolute atomic E-state index is 0.0678. The monoisotopic (exact) mass is 437 g/mol. The predicted octanol–water partition coefficient (Wildman–Crippen LogP) is 3.67. The third kappa shape index (κ3) is 4.15. The highest BCUT2D eigenvalue weighted by atomic mass is 19.1. The van der Waals surface area contributed by atoms with E-state index in [0.717, 1.165) is 17.7 Å². The lowest BCUT2D eigenvalue weighted by Gasteiger charge is -2.12. The van der Waals surface area contributed by atoms with Crippen molar-refractivity contribution >= 4 is 5.82 Å². The molecule has 3 N–H and O–H groups in total. The molecule has 7 nitrogen and oxygen atoms in total. The zero-order chi connectivity index (χ0) is 22.8. The van der Waals surface area contributed by atoms with Crippen molar-refractivity contribution < 1.29 is 13.9 Å². The molecule has 0 unspecified atom stereocenters. The van der Waals surface area contributed by atoms with E-state index in [9.17, 15) is 18.7 Å². The Bertz CT molecular complexity index is 1330. The molecular weight excluding hydrogens is 416 g/mol. The van der Waals surface area contributed by atoms with Crippen LogP contribution in [-0.2, 0) is 0 Å². The summed E-state index contributed by atoms with van der Waals surface area (Å²) in [5, 5.41) is 24.2. The van der Waals surface area contributed by atoms with Gasteiger partial charge in [0, 0.05) is 24.2 Å². The highest BCUT2D eigenvalue weighted by Gasteiger charge is 2.22. The number of hydrogen-bond acceptors (Lipinski definition) is 5. The molecule has 4 rings (SSSR count). The number of benzene rings is 2. The van der Waals surface area contributed by atoms with Crippen LogP contribution in [0.1, 0.15) is 12.5 Å². The molecule has 1 atom stereocenters. The molecule has 0 aliphatic rings. The molecule has 0 aliphatic carbocycles. The first-order valence-electron chi connectivity index (χ1n) is 9.97. The van der Waals surface area contributed by atoms with Gasteiger partial charge in [-0.25, -0.2) is 8.78 Å². The summed E-state index contributed by atoms with van der Waals surface area (Å²) < 4.78 is 29.3. The first-order valence-corrected chi connectivity index (χ1v) is 9.97. The van der Waals surface area contributed by atoms with E-state index in [4.69, 9.17) is 0 Å². The highest BCUT2D eigenvalue weighted by molar-refractivity contribution is 5.87. The van der Waals surface area contributed by atoms with Gasteiger partial charge in [-0.2, -0.15) is 14.9 Å².